The zero-order chi connectivity index (χ0) is 12.9. The number of benzene rings is 1. The van der Waals surface area contributed by atoms with Crippen LogP contribution in [0.1, 0.15) is 10.4 Å². The van der Waals surface area contributed by atoms with Crippen LogP contribution in [0.25, 0.3) is 16.7 Å². The molecule has 90 valence electrons. The van der Waals surface area contributed by atoms with Gasteiger partial charge in [0, 0.05) is 17.2 Å². The predicted octanol–water partition coefficient (Wildman–Crippen LogP) is -0.0803. The summed E-state index contributed by atoms with van der Waals surface area (Å²) in [4.78, 5) is 11.2. The highest BCUT2D eigenvalue weighted by Gasteiger charge is 2.19. The minimum absolute atomic E-state index is 0.0534. The topological polar surface area (TPSA) is 115 Å². The fourth-order valence-electron chi connectivity index (χ4n) is 1.75. The molecule has 0 radical (unpaired) electrons. The molecule has 0 aliphatic heterocycles. The van der Waals surface area contributed by atoms with E-state index in [0.717, 1.165) is 6.20 Å². The van der Waals surface area contributed by atoms with Crippen LogP contribution in [0.2, 0.25) is 0 Å². The molecule has 0 saturated carbocycles. The van der Waals surface area contributed by atoms with Gasteiger partial charge in [0.05, 0.1) is 6.20 Å². The molecule has 0 saturated heterocycles. The maximum Gasteiger partial charge on any atom is 0.341 e. The average molecular weight is 246 g/mol. The van der Waals surface area contributed by atoms with Crippen LogP contribution in [0.3, 0.4) is 0 Å². The molecule has 0 spiro atoms. The van der Waals surface area contributed by atoms with Crippen LogP contribution in [0, 0.1) is 5.21 Å². The molecule has 0 amide bonds. The number of fused-ring (bicyclic) bond motifs is 3. The van der Waals surface area contributed by atoms with Crippen LogP contribution in [0.5, 0.6) is 5.75 Å². The highest BCUT2D eigenvalue weighted by atomic mass is 16.5. The minimum atomic E-state index is -1.22. The van der Waals surface area contributed by atoms with E-state index in [4.69, 9.17) is 5.11 Å². The summed E-state index contributed by atoms with van der Waals surface area (Å²) >= 11 is 0. The van der Waals surface area contributed by atoms with Crippen molar-refractivity contribution in [2.24, 2.45) is 0 Å². The lowest BCUT2D eigenvalue weighted by molar-refractivity contribution is -0.640. The fourth-order valence-corrected chi connectivity index (χ4v) is 1.75. The van der Waals surface area contributed by atoms with Gasteiger partial charge in [-0.25, -0.2) is 9.31 Å². The Labute approximate surface area is 98.9 Å². The molecule has 0 fully saturated rings. The zero-order valence-electron chi connectivity index (χ0n) is 8.81. The standard InChI is InChI=1S/C10H6N4O4/c15-5-1-2-7-8(3-5)13-9(12-14(7)18)6(4-11-13)10(16)17/h1-4,15H,(H,16,17). The number of phenols is 1. The Morgan fingerprint density at radius 2 is 2.22 bits per heavy atom. The predicted molar refractivity (Wildman–Crippen MR) is 58.1 cm³/mol. The number of nitrogens with zero attached hydrogens (tertiary/aromatic N) is 4. The number of carboxylic acids is 1. The second kappa shape index (κ2) is 3.29. The summed E-state index contributed by atoms with van der Waals surface area (Å²) in [6, 6.07) is 4.04. The molecule has 18 heavy (non-hydrogen) atoms. The van der Waals surface area contributed by atoms with Gasteiger partial charge in [0.2, 0.25) is 5.65 Å². The SMILES string of the molecule is O=C(O)c1cnn2c1n[n+]([O-])c1ccc(O)cc12. The molecule has 0 aliphatic rings. The highest BCUT2D eigenvalue weighted by Crippen LogP contribution is 2.18. The van der Waals surface area contributed by atoms with E-state index >= 15 is 0 Å². The highest BCUT2D eigenvalue weighted by molar-refractivity contribution is 5.94. The fraction of sp³-hybridized carbons (Fsp3) is 0. The van der Waals surface area contributed by atoms with Crippen LogP contribution in [-0.2, 0) is 0 Å². The lowest BCUT2D eigenvalue weighted by Crippen LogP contribution is -2.33. The molecule has 3 aromatic rings. The van der Waals surface area contributed by atoms with Crippen molar-refractivity contribution in [3.63, 3.8) is 0 Å². The number of carbonyl (C=O) groups is 1. The first-order valence-corrected chi connectivity index (χ1v) is 4.91. The molecule has 2 heterocycles. The molecule has 0 unspecified atom stereocenters. The van der Waals surface area contributed by atoms with E-state index in [-0.39, 0.29) is 28.0 Å². The first kappa shape index (κ1) is 10.3. The van der Waals surface area contributed by atoms with Gasteiger partial charge in [-0.3, -0.25) is 0 Å². The average Bonchev–Trinajstić information content (AvgIpc) is 2.72. The van der Waals surface area contributed by atoms with E-state index in [1.54, 1.807) is 0 Å². The van der Waals surface area contributed by atoms with E-state index in [1.165, 1.54) is 22.7 Å². The molecule has 0 atom stereocenters. The third-order valence-corrected chi connectivity index (χ3v) is 2.55. The summed E-state index contributed by atoms with van der Waals surface area (Å²) < 4.78 is 1.20. The lowest BCUT2D eigenvalue weighted by atomic mass is 10.3. The number of carboxylic acid groups (broad SMARTS) is 1. The van der Waals surface area contributed by atoms with Gasteiger partial charge < -0.3 is 15.4 Å². The molecule has 1 aromatic carbocycles. The first-order chi connectivity index (χ1) is 8.58. The largest absolute Gasteiger partial charge is 0.594 e. The van der Waals surface area contributed by atoms with Gasteiger partial charge >= 0.3 is 5.97 Å². The van der Waals surface area contributed by atoms with Crippen LogP contribution in [0.4, 0.5) is 0 Å². The number of hydrogen-bond donors (Lipinski definition) is 2. The summed E-state index contributed by atoms with van der Waals surface area (Å²) in [5.74, 6) is -1.28. The molecular weight excluding hydrogens is 240 g/mol. The van der Waals surface area contributed by atoms with Crippen molar-refractivity contribution in [3.8, 4) is 5.75 Å². The van der Waals surface area contributed by atoms with Gasteiger partial charge in [-0.05, 0) is 10.9 Å². The van der Waals surface area contributed by atoms with Crippen LogP contribution >= 0.6 is 0 Å². The van der Waals surface area contributed by atoms with Crippen molar-refractivity contribution in [3.05, 3.63) is 35.2 Å². The van der Waals surface area contributed by atoms with Crippen molar-refractivity contribution >= 4 is 22.6 Å². The van der Waals surface area contributed by atoms with Crippen molar-refractivity contribution < 1.29 is 19.9 Å². The summed E-state index contributed by atoms with van der Waals surface area (Å²) in [6.07, 6.45) is 1.11. The summed E-state index contributed by atoms with van der Waals surface area (Å²) in [7, 11) is 0. The van der Waals surface area contributed by atoms with Gasteiger partial charge in [0.1, 0.15) is 16.8 Å². The smallest absolute Gasteiger partial charge is 0.341 e. The van der Waals surface area contributed by atoms with Crippen LogP contribution in [0.15, 0.2) is 24.4 Å². The molecule has 2 N–H and O–H groups in total. The Bertz CT molecular complexity index is 795. The van der Waals surface area contributed by atoms with Gasteiger partial charge in [-0.15, -0.1) is 0 Å². The molecular formula is C10H6N4O4. The van der Waals surface area contributed by atoms with Gasteiger partial charge in [-0.2, -0.15) is 5.10 Å². The first-order valence-electron chi connectivity index (χ1n) is 4.91. The summed E-state index contributed by atoms with van der Waals surface area (Å²) in [5.41, 5.74) is 0.211. The van der Waals surface area contributed by atoms with Crippen molar-refractivity contribution in [2.45, 2.75) is 0 Å². The van der Waals surface area contributed by atoms with Gasteiger partial charge in [0.25, 0.3) is 5.52 Å². The number of aromatic nitrogens is 4. The quantitative estimate of drug-likeness (QED) is 0.458. The van der Waals surface area contributed by atoms with Crippen molar-refractivity contribution in [2.75, 3.05) is 0 Å². The van der Waals surface area contributed by atoms with E-state index in [9.17, 15) is 15.1 Å². The maximum absolute atomic E-state index is 11.7. The normalized spacial score (nSPS) is 11.1. The molecule has 0 aliphatic carbocycles. The number of rotatable bonds is 1. The Kier molecular flexibility index (Phi) is 1.88. The number of aromatic hydroxyl groups is 1. The summed E-state index contributed by atoms with van der Waals surface area (Å²) in [6.45, 7) is 0. The molecule has 8 heteroatoms. The second-order valence-electron chi connectivity index (χ2n) is 3.64. The third-order valence-electron chi connectivity index (χ3n) is 2.55. The minimum Gasteiger partial charge on any atom is -0.594 e. The second-order valence-corrected chi connectivity index (χ2v) is 3.64. The van der Waals surface area contributed by atoms with E-state index < -0.39 is 5.97 Å². The van der Waals surface area contributed by atoms with Crippen LogP contribution < -0.4 is 4.85 Å². The molecule has 3 rings (SSSR count). The Balaban J connectivity index is 2.54. The number of phenolic OH excluding ortho intramolecular Hbond substituents is 1. The number of aromatic carboxylic acids is 1. The Morgan fingerprint density at radius 1 is 1.44 bits per heavy atom. The van der Waals surface area contributed by atoms with E-state index in [2.05, 4.69) is 10.2 Å². The monoisotopic (exact) mass is 246 g/mol. The van der Waals surface area contributed by atoms with Crippen molar-refractivity contribution in [1.82, 2.24) is 14.7 Å². The Hall–Kier alpha value is -2.90. The zero-order valence-corrected chi connectivity index (χ0v) is 8.81. The van der Waals surface area contributed by atoms with Crippen molar-refractivity contribution in [1.29, 1.82) is 0 Å². The van der Waals surface area contributed by atoms with E-state index in [0.29, 0.717) is 4.85 Å². The Morgan fingerprint density at radius 3 is 2.94 bits per heavy atom. The maximum atomic E-state index is 11.7. The lowest BCUT2D eigenvalue weighted by Gasteiger charge is -2.02. The molecule has 8 nitrogen and oxygen atoms in total. The molecule has 2 aromatic heterocycles. The third kappa shape index (κ3) is 1.25. The molecule has 0 bridgehead atoms. The van der Waals surface area contributed by atoms with Gasteiger partial charge in [0.15, 0.2) is 0 Å². The number of hydrogen-bond acceptors (Lipinski definition) is 5. The van der Waals surface area contributed by atoms with E-state index in [1.807, 2.05) is 0 Å². The summed E-state index contributed by atoms with van der Waals surface area (Å²) in [5, 5.41) is 37.5. The van der Waals surface area contributed by atoms with Gasteiger partial charge in [-0.1, -0.05) is 0 Å². The van der Waals surface area contributed by atoms with Crippen LogP contribution in [-0.4, -0.2) is 30.9 Å².